The minimum Gasteiger partial charge on any atom is -0.352 e. The first kappa shape index (κ1) is 22.5. The van der Waals surface area contributed by atoms with Crippen LogP contribution in [0.25, 0.3) is 11.0 Å². The molecule has 6 heteroatoms. The molecular formula is C25H31N3O3. The maximum Gasteiger partial charge on any atom is 0.316 e. The number of hydrogen-bond acceptors (Lipinski definition) is 3. The third-order valence-corrected chi connectivity index (χ3v) is 5.78. The summed E-state index contributed by atoms with van der Waals surface area (Å²) in [4.78, 5) is 39.1. The molecule has 0 radical (unpaired) electrons. The van der Waals surface area contributed by atoms with Crippen LogP contribution in [0.15, 0.2) is 39.9 Å². The second-order valence-electron chi connectivity index (χ2n) is 9.08. The first-order valence-corrected chi connectivity index (χ1v) is 10.7. The van der Waals surface area contributed by atoms with Gasteiger partial charge in [0.15, 0.2) is 0 Å². The maximum atomic E-state index is 12.7. The highest BCUT2D eigenvalue weighted by Gasteiger charge is 2.16. The van der Waals surface area contributed by atoms with Gasteiger partial charge in [0, 0.05) is 18.7 Å². The van der Waals surface area contributed by atoms with Crippen molar-refractivity contribution in [1.29, 1.82) is 0 Å². The van der Waals surface area contributed by atoms with E-state index in [0.29, 0.717) is 29.7 Å². The summed E-state index contributed by atoms with van der Waals surface area (Å²) in [5.74, 6) is -0.210. The van der Waals surface area contributed by atoms with Crippen molar-refractivity contribution in [3.05, 3.63) is 78.9 Å². The zero-order valence-electron chi connectivity index (χ0n) is 19.2. The Balaban J connectivity index is 1.76. The summed E-state index contributed by atoms with van der Waals surface area (Å²) >= 11 is 0. The number of amides is 1. The molecule has 1 aromatic heterocycles. The largest absolute Gasteiger partial charge is 0.352 e. The standard InChI is InChI=1S/C25H31N3O3/c1-7-28-21-9-8-17(14-20(21)27-23(30)24(28)31)22(29)26-11-10-19-15(2)12-18(13-16(19)3)25(4,5)6/h8-9,12-14H,7,10-11H2,1-6H3,(H,26,29)(H,27,30). The fraction of sp³-hybridized carbons (Fsp3) is 0.400. The van der Waals surface area contributed by atoms with Crippen molar-refractivity contribution in [3.8, 4) is 0 Å². The van der Waals surface area contributed by atoms with E-state index in [2.05, 4.69) is 57.1 Å². The third-order valence-electron chi connectivity index (χ3n) is 5.78. The molecule has 0 saturated carbocycles. The van der Waals surface area contributed by atoms with E-state index >= 15 is 0 Å². The summed E-state index contributed by atoms with van der Waals surface area (Å²) in [6.07, 6.45) is 0.744. The van der Waals surface area contributed by atoms with Crippen LogP contribution in [-0.2, 0) is 18.4 Å². The Morgan fingerprint density at radius 3 is 2.29 bits per heavy atom. The normalized spacial score (nSPS) is 11.7. The van der Waals surface area contributed by atoms with Crippen LogP contribution < -0.4 is 16.4 Å². The van der Waals surface area contributed by atoms with Crippen LogP contribution in [0, 0.1) is 13.8 Å². The average molecular weight is 422 g/mol. The maximum absolute atomic E-state index is 12.7. The molecule has 1 heterocycles. The number of nitrogens with one attached hydrogen (secondary N) is 2. The van der Waals surface area contributed by atoms with E-state index in [-0.39, 0.29) is 11.3 Å². The number of aromatic nitrogens is 2. The number of aromatic amines is 1. The molecule has 0 unspecified atom stereocenters. The fourth-order valence-corrected chi connectivity index (χ4v) is 3.96. The van der Waals surface area contributed by atoms with Crippen molar-refractivity contribution in [2.45, 2.75) is 59.9 Å². The Labute approximate surface area is 182 Å². The summed E-state index contributed by atoms with van der Waals surface area (Å²) < 4.78 is 1.41. The van der Waals surface area contributed by atoms with Gasteiger partial charge in [-0.15, -0.1) is 0 Å². The lowest BCUT2D eigenvalue weighted by Gasteiger charge is -2.22. The van der Waals surface area contributed by atoms with Crippen molar-refractivity contribution >= 4 is 16.9 Å². The number of rotatable bonds is 5. The number of carbonyl (C=O) groups excluding carboxylic acids is 1. The highest BCUT2D eigenvalue weighted by Crippen LogP contribution is 2.27. The predicted molar refractivity (Wildman–Crippen MR) is 125 cm³/mol. The van der Waals surface area contributed by atoms with Gasteiger partial charge >= 0.3 is 11.1 Å². The number of H-pyrrole nitrogens is 1. The highest BCUT2D eigenvalue weighted by atomic mass is 16.2. The summed E-state index contributed by atoms with van der Waals surface area (Å²) in [5.41, 5.74) is 5.39. The van der Waals surface area contributed by atoms with Crippen LogP contribution in [0.2, 0.25) is 0 Å². The summed E-state index contributed by atoms with van der Waals surface area (Å²) in [6, 6.07) is 9.46. The SMILES string of the molecule is CCn1c(=O)c(=O)[nH]c2cc(C(=O)NCCc3c(C)cc(C(C)(C)C)cc3C)ccc21. The highest BCUT2D eigenvalue weighted by molar-refractivity contribution is 5.97. The molecule has 31 heavy (non-hydrogen) atoms. The van der Waals surface area contributed by atoms with E-state index in [1.165, 1.54) is 26.8 Å². The van der Waals surface area contributed by atoms with E-state index in [1.807, 2.05) is 0 Å². The number of nitrogens with zero attached hydrogens (tertiary/aromatic N) is 1. The van der Waals surface area contributed by atoms with Gasteiger partial charge < -0.3 is 14.9 Å². The fourth-order valence-electron chi connectivity index (χ4n) is 3.96. The molecule has 0 bridgehead atoms. The number of benzene rings is 2. The Kier molecular flexibility index (Phi) is 6.20. The summed E-state index contributed by atoms with van der Waals surface area (Å²) in [7, 11) is 0. The lowest BCUT2D eigenvalue weighted by Crippen LogP contribution is -2.36. The topological polar surface area (TPSA) is 84.0 Å². The molecule has 0 aliphatic heterocycles. The molecule has 3 rings (SSSR count). The van der Waals surface area contributed by atoms with Gasteiger partial charge in [0.05, 0.1) is 11.0 Å². The minimum absolute atomic E-state index is 0.0993. The third kappa shape index (κ3) is 4.63. The lowest BCUT2D eigenvalue weighted by molar-refractivity contribution is 0.0954. The number of hydrogen-bond donors (Lipinski definition) is 2. The molecule has 6 nitrogen and oxygen atoms in total. The van der Waals surface area contributed by atoms with Gasteiger partial charge in [0.2, 0.25) is 0 Å². The van der Waals surface area contributed by atoms with Gasteiger partial charge in [0.25, 0.3) is 5.91 Å². The minimum atomic E-state index is -0.684. The monoisotopic (exact) mass is 421 g/mol. The van der Waals surface area contributed by atoms with E-state index in [0.717, 1.165) is 6.42 Å². The predicted octanol–water partition coefficient (Wildman–Crippen LogP) is 3.60. The van der Waals surface area contributed by atoms with Gasteiger partial charge in [-0.2, -0.15) is 0 Å². The molecular weight excluding hydrogens is 390 g/mol. The lowest BCUT2D eigenvalue weighted by atomic mass is 9.83. The van der Waals surface area contributed by atoms with Gasteiger partial charge in [-0.1, -0.05) is 32.9 Å². The van der Waals surface area contributed by atoms with Crippen LogP contribution in [0.3, 0.4) is 0 Å². The quantitative estimate of drug-likeness (QED) is 0.618. The Hall–Kier alpha value is -3.15. The molecule has 0 aliphatic rings. The van der Waals surface area contributed by atoms with Crippen LogP contribution in [0.4, 0.5) is 0 Å². The van der Waals surface area contributed by atoms with Crippen LogP contribution in [0.5, 0.6) is 0 Å². The van der Waals surface area contributed by atoms with Crippen LogP contribution in [0.1, 0.15) is 60.3 Å². The molecule has 2 N–H and O–H groups in total. The number of carbonyl (C=O) groups is 1. The van der Waals surface area contributed by atoms with Gasteiger partial charge in [-0.05, 0) is 73.1 Å². The average Bonchev–Trinajstić information content (AvgIpc) is 2.69. The van der Waals surface area contributed by atoms with Crippen LogP contribution >= 0.6 is 0 Å². The van der Waals surface area contributed by atoms with Gasteiger partial charge in [0.1, 0.15) is 0 Å². The summed E-state index contributed by atoms with van der Waals surface area (Å²) in [6.45, 7) is 13.6. The Morgan fingerprint density at radius 1 is 1.06 bits per heavy atom. The van der Waals surface area contributed by atoms with Crippen molar-refractivity contribution in [2.24, 2.45) is 0 Å². The van der Waals surface area contributed by atoms with E-state index in [1.54, 1.807) is 25.1 Å². The molecule has 0 aliphatic carbocycles. The number of aryl methyl sites for hydroxylation is 3. The molecule has 0 saturated heterocycles. The molecule has 2 aromatic carbocycles. The van der Waals surface area contributed by atoms with E-state index in [4.69, 9.17) is 0 Å². The van der Waals surface area contributed by atoms with Crippen molar-refractivity contribution in [3.63, 3.8) is 0 Å². The zero-order valence-corrected chi connectivity index (χ0v) is 19.2. The first-order chi connectivity index (χ1) is 14.5. The van der Waals surface area contributed by atoms with E-state index in [9.17, 15) is 14.4 Å². The van der Waals surface area contributed by atoms with Gasteiger partial charge in [-0.3, -0.25) is 14.4 Å². The van der Waals surface area contributed by atoms with Crippen molar-refractivity contribution < 1.29 is 4.79 Å². The van der Waals surface area contributed by atoms with Crippen molar-refractivity contribution in [1.82, 2.24) is 14.9 Å². The molecule has 0 spiro atoms. The Bertz CT molecular complexity index is 1240. The molecule has 0 fully saturated rings. The molecule has 3 aromatic rings. The summed E-state index contributed by atoms with van der Waals surface area (Å²) in [5, 5.41) is 2.97. The zero-order chi connectivity index (χ0) is 22.9. The smallest absolute Gasteiger partial charge is 0.316 e. The first-order valence-electron chi connectivity index (χ1n) is 10.7. The molecule has 1 amide bonds. The number of fused-ring (bicyclic) bond motifs is 1. The molecule has 164 valence electrons. The van der Waals surface area contributed by atoms with Gasteiger partial charge in [-0.25, -0.2) is 0 Å². The second-order valence-corrected chi connectivity index (χ2v) is 9.08. The second kappa shape index (κ2) is 8.53. The van der Waals surface area contributed by atoms with Crippen LogP contribution in [-0.4, -0.2) is 22.0 Å². The van der Waals surface area contributed by atoms with E-state index < -0.39 is 11.1 Å². The molecule has 0 atom stereocenters. The van der Waals surface area contributed by atoms with Crippen molar-refractivity contribution in [2.75, 3.05) is 6.54 Å². The Morgan fingerprint density at radius 2 is 1.71 bits per heavy atom.